The number of fused-ring (bicyclic) bond motifs is 3. The minimum atomic E-state index is -0.709. The van der Waals surface area contributed by atoms with Crippen LogP contribution in [0.5, 0.6) is 0 Å². The van der Waals surface area contributed by atoms with Gasteiger partial charge in [0.15, 0.2) is 5.82 Å². The largest absolute Gasteiger partial charge is 0.358 e. The van der Waals surface area contributed by atoms with E-state index in [2.05, 4.69) is 74.4 Å². The number of piperidine rings is 1. The summed E-state index contributed by atoms with van der Waals surface area (Å²) >= 11 is 3.26. The minimum Gasteiger partial charge on any atom is -0.358 e. The van der Waals surface area contributed by atoms with E-state index in [0.717, 1.165) is 19.0 Å². The molecule has 0 radical (unpaired) electrons. The van der Waals surface area contributed by atoms with E-state index < -0.39 is 17.5 Å². The topological polar surface area (TPSA) is 66.1 Å². The summed E-state index contributed by atoms with van der Waals surface area (Å²) in [4.78, 5) is 34.6. The Morgan fingerprint density at radius 2 is 1.53 bits per heavy atom. The quantitative estimate of drug-likeness (QED) is 0.195. The van der Waals surface area contributed by atoms with Gasteiger partial charge in [0.2, 0.25) is 0 Å². The van der Waals surface area contributed by atoms with Crippen LogP contribution in [0.15, 0.2) is 71.1 Å². The molecule has 1 N–H and O–H groups in total. The highest BCUT2D eigenvalue weighted by molar-refractivity contribution is 9.10. The van der Waals surface area contributed by atoms with Crippen LogP contribution < -0.4 is 0 Å². The van der Waals surface area contributed by atoms with Crippen LogP contribution in [0.4, 0.5) is 4.39 Å². The first-order valence-corrected chi connectivity index (χ1v) is 12.9. The highest BCUT2D eigenvalue weighted by Gasteiger charge is 2.30. The summed E-state index contributed by atoms with van der Waals surface area (Å²) in [7, 11) is 0. The van der Waals surface area contributed by atoms with E-state index in [-0.39, 0.29) is 10.9 Å². The summed E-state index contributed by atoms with van der Waals surface area (Å²) in [5, 5.41) is 0.0849. The van der Waals surface area contributed by atoms with Gasteiger partial charge in [0, 0.05) is 19.3 Å². The van der Waals surface area contributed by atoms with Gasteiger partial charge in [0.1, 0.15) is 4.60 Å². The first kappa shape index (κ1) is 22.9. The second-order valence-electron chi connectivity index (χ2n) is 9.26. The average molecular weight is 544 g/mol. The molecule has 1 amide bonds. The maximum absolute atomic E-state index is 14.5. The van der Waals surface area contributed by atoms with Gasteiger partial charge >= 0.3 is 0 Å². The van der Waals surface area contributed by atoms with Gasteiger partial charge in [-0.1, -0.05) is 54.1 Å². The van der Waals surface area contributed by atoms with Crippen LogP contribution in [0.3, 0.4) is 0 Å². The molecule has 0 saturated carbocycles. The van der Waals surface area contributed by atoms with E-state index in [4.69, 9.17) is 0 Å². The molecule has 7 heteroatoms. The van der Waals surface area contributed by atoms with Crippen LogP contribution in [0.25, 0.3) is 16.5 Å². The number of rotatable bonds is 2. The third-order valence-corrected chi connectivity index (χ3v) is 7.90. The van der Waals surface area contributed by atoms with Gasteiger partial charge in [-0.2, -0.15) is 0 Å². The number of benzene rings is 2. The zero-order valence-corrected chi connectivity index (χ0v) is 21.1. The number of aromatic amines is 1. The van der Waals surface area contributed by atoms with E-state index in [1.165, 1.54) is 39.6 Å². The molecule has 1 fully saturated rings. The van der Waals surface area contributed by atoms with Gasteiger partial charge in [-0.25, -0.2) is 9.37 Å². The fourth-order valence-electron chi connectivity index (χ4n) is 5.50. The Morgan fingerprint density at radius 1 is 0.917 bits per heavy atom. The molecule has 6 rings (SSSR count). The molecule has 4 aromatic rings. The number of H-pyrrole nitrogens is 1. The second kappa shape index (κ2) is 9.13. The molecule has 0 bridgehead atoms. The van der Waals surface area contributed by atoms with Crippen molar-refractivity contribution in [2.24, 2.45) is 0 Å². The highest BCUT2D eigenvalue weighted by atomic mass is 79.9. The smallest absolute Gasteiger partial charge is 0.295 e. The molecule has 1 aliphatic carbocycles. The fourth-order valence-corrected chi connectivity index (χ4v) is 5.92. The number of carbonyl (C=O) groups is 2. The zero-order chi connectivity index (χ0) is 24.8. The third kappa shape index (κ3) is 3.78. The average Bonchev–Trinajstić information content (AvgIpc) is 3.30. The van der Waals surface area contributed by atoms with Crippen molar-refractivity contribution in [2.45, 2.75) is 25.7 Å². The molecular weight excluding hydrogens is 521 g/mol. The van der Waals surface area contributed by atoms with Crippen molar-refractivity contribution >= 4 is 44.1 Å². The van der Waals surface area contributed by atoms with Crippen LogP contribution in [0.2, 0.25) is 0 Å². The number of likely N-dealkylation sites (tertiary alicyclic amines) is 1. The lowest BCUT2D eigenvalue weighted by Gasteiger charge is -2.30. The number of amides is 1. The molecule has 5 nitrogen and oxygen atoms in total. The van der Waals surface area contributed by atoms with Crippen molar-refractivity contribution in [3.05, 3.63) is 105 Å². The first-order chi connectivity index (χ1) is 17.5. The normalized spacial score (nSPS) is 15.4. The molecule has 1 aliphatic heterocycles. The number of carbonyl (C=O) groups excluding carboxylic acids is 2. The lowest BCUT2D eigenvalue weighted by Crippen LogP contribution is -2.40. The van der Waals surface area contributed by atoms with Crippen molar-refractivity contribution in [3.8, 4) is 0 Å². The Hall–Kier alpha value is -3.58. The molecule has 0 atom stereocenters. The Bertz CT molecular complexity index is 1510. The first-order valence-electron chi connectivity index (χ1n) is 12.1. The van der Waals surface area contributed by atoms with E-state index in [0.29, 0.717) is 36.1 Å². The van der Waals surface area contributed by atoms with Crippen molar-refractivity contribution in [2.75, 3.05) is 13.1 Å². The maximum Gasteiger partial charge on any atom is 0.295 e. The van der Waals surface area contributed by atoms with Crippen molar-refractivity contribution < 1.29 is 14.0 Å². The molecule has 2 aromatic heterocycles. The molecule has 0 unspecified atom stereocenters. The number of pyridine rings is 1. The van der Waals surface area contributed by atoms with Crippen LogP contribution in [0, 0.1) is 5.82 Å². The van der Waals surface area contributed by atoms with Crippen molar-refractivity contribution in [3.63, 3.8) is 0 Å². The number of nitrogens with one attached hydrogen (secondary N) is 1. The van der Waals surface area contributed by atoms with E-state index >= 15 is 0 Å². The Labute approximate surface area is 216 Å². The number of aromatic nitrogens is 2. The fraction of sp³-hybridized carbons (Fsp3) is 0.207. The van der Waals surface area contributed by atoms with Crippen LogP contribution in [0.1, 0.15) is 45.5 Å². The standard InChI is InChI=1S/C29H23BrFN3O2/c30-28-26-25(23(31)16-33-28)22(15-32-26)27(35)29(36)34-13-11-19(12-14-34)24-20-7-3-1-5-17(20)9-10-18-6-2-4-8-21(18)24/h1-8,15-16,32H,9-14H2. The molecule has 0 spiro atoms. The molecular formula is C29H23BrFN3O2. The predicted octanol–water partition coefficient (Wildman–Crippen LogP) is 5.87. The van der Waals surface area contributed by atoms with Gasteiger partial charge in [0.05, 0.1) is 22.7 Å². The minimum absolute atomic E-state index is 0.0337. The van der Waals surface area contributed by atoms with Crippen LogP contribution >= 0.6 is 15.9 Å². The number of Topliss-reactive ketones (excluding diaryl/α,β-unsaturated/α-hetero) is 1. The van der Waals surface area contributed by atoms with Gasteiger partial charge in [-0.05, 0) is 69.4 Å². The number of ketones is 1. The van der Waals surface area contributed by atoms with Crippen molar-refractivity contribution in [1.82, 2.24) is 14.9 Å². The molecule has 2 aliphatic rings. The Morgan fingerprint density at radius 3 is 2.17 bits per heavy atom. The molecule has 3 heterocycles. The van der Waals surface area contributed by atoms with Gasteiger partial charge < -0.3 is 9.88 Å². The lowest BCUT2D eigenvalue weighted by atomic mass is 9.86. The number of aryl methyl sites for hydroxylation is 2. The van der Waals surface area contributed by atoms with Crippen LogP contribution in [-0.4, -0.2) is 39.6 Å². The van der Waals surface area contributed by atoms with E-state index in [1.807, 2.05) is 0 Å². The SMILES string of the molecule is O=C(C(=O)N1CCC(=C2c3ccccc3CCc3ccccc32)CC1)c1c[nH]c2c(Br)ncc(F)c12. The number of halogens is 2. The molecule has 2 aromatic carbocycles. The van der Waals surface area contributed by atoms with E-state index in [1.54, 1.807) is 4.90 Å². The summed E-state index contributed by atoms with van der Waals surface area (Å²) in [5.74, 6) is -1.95. The highest BCUT2D eigenvalue weighted by Crippen LogP contribution is 2.38. The van der Waals surface area contributed by atoms with Gasteiger partial charge in [0.25, 0.3) is 11.7 Å². The maximum atomic E-state index is 14.5. The monoisotopic (exact) mass is 543 g/mol. The van der Waals surface area contributed by atoms with Crippen molar-refractivity contribution in [1.29, 1.82) is 0 Å². The Kier molecular flexibility index (Phi) is 5.80. The summed E-state index contributed by atoms with van der Waals surface area (Å²) < 4.78 is 14.9. The Balaban J connectivity index is 1.30. The summed E-state index contributed by atoms with van der Waals surface area (Å²) in [6, 6.07) is 17.1. The second-order valence-corrected chi connectivity index (χ2v) is 10.0. The van der Waals surface area contributed by atoms with E-state index in [9.17, 15) is 14.0 Å². The zero-order valence-electron chi connectivity index (χ0n) is 19.5. The number of hydrogen-bond donors (Lipinski definition) is 1. The number of hydrogen-bond acceptors (Lipinski definition) is 3. The van der Waals surface area contributed by atoms with Gasteiger partial charge in [-0.3, -0.25) is 9.59 Å². The third-order valence-electron chi connectivity index (χ3n) is 7.30. The van der Waals surface area contributed by atoms with Gasteiger partial charge in [-0.15, -0.1) is 0 Å². The molecule has 36 heavy (non-hydrogen) atoms. The molecule has 180 valence electrons. The number of nitrogens with zero attached hydrogens (tertiary/aromatic N) is 2. The predicted molar refractivity (Wildman–Crippen MR) is 140 cm³/mol. The van der Waals surface area contributed by atoms with Crippen LogP contribution in [-0.2, 0) is 17.6 Å². The summed E-state index contributed by atoms with van der Waals surface area (Å²) in [5.41, 5.74) is 8.19. The lowest BCUT2D eigenvalue weighted by molar-refractivity contribution is -0.126. The summed E-state index contributed by atoms with van der Waals surface area (Å²) in [6.07, 6.45) is 5.80. The summed E-state index contributed by atoms with van der Waals surface area (Å²) in [6.45, 7) is 0.896. The molecule has 1 saturated heterocycles.